The van der Waals surface area contributed by atoms with Gasteiger partial charge >= 0.3 is 18.5 Å². The van der Waals surface area contributed by atoms with Crippen LogP contribution in [0.3, 0.4) is 0 Å². The molecule has 2 heterocycles. The van der Waals surface area contributed by atoms with Gasteiger partial charge in [0.15, 0.2) is 0 Å². The van der Waals surface area contributed by atoms with Crippen molar-refractivity contribution < 1.29 is 58.1 Å². The molecule has 0 amide bonds. The third-order valence-electron chi connectivity index (χ3n) is 4.79. The molecule has 0 saturated heterocycles. The van der Waals surface area contributed by atoms with E-state index in [1.165, 1.54) is 0 Å². The van der Waals surface area contributed by atoms with Crippen LogP contribution in [-0.4, -0.2) is 29.8 Å². The first kappa shape index (κ1) is 30.2. The molecule has 40 heavy (non-hydrogen) atoms. The Labute approximate surface area is 215 Å². The minimum atomic E-state index is -5.08. The molecule has 0 aliphatic rings. The Bertz CT molecular complexity index is 1630. The van der Waals surface area contributed by atoms with Crippen molar-refractivity contribution in [2.45, 2.75) is 25.0 Å². The molecular weight excluding hydrogens is 609 g/mol. The second-order valence-electron chi connectivity index (χ2n) is 7.39. The van der Waals surface area contributed by atoms with E-state index in [2.05, 4.69) is 9.97 Å². The topological polar surface area (TPSA) is 144 Å². The van der Waals surface area contributed by atoms with Crippen LogP contribution >= 0.6 is 11.6 Å². The van der Waals surface area contributed by atoms with Gasteiger partial charge in [0.1, 0.15) is 16.6 Å². The molecule has 0 spiro atoms. The molecule has 0 radical (unpaired) electrons. The van der Waals surface area contributed by atoms with Crippen LogP contribution in [-0.2, 0) is 18.5 Å². The zero-order valence-electron chi connectivity index (χ0n) is 18.3. The molecule has 0 bridgehead atoms. The molecule has 2 aromatic heterocycles. The fourth-order valence-electron chi connectivity index (χ4n) is 3.16. The van der Waals surface area contributed by atoms with Crippen molar-refractivity contribution >= 4 is 45.0 Å². The summed E-state index contributed by atoms with van der Waals surface area (Å²) in [5, 5.41) is 20.4. The van der Waals surface area contributed by atoms with E-state index in [-0.39, 0.29) is 6.07 Å². The number of nitro groups is 2. The predicted molar refractivity (Wildman–Crippen MR) is 110 cm³/mol. The molecule has 0 unspecified atom stereocenters. The standard InChI is InChI=1S/C9H3ClF5N3O2.C9H3F6N3O2/c10-5-4(7(11)12)3(18(19)20)1-2-6(5)17-8(16-2)9(13,14)15;10-8(11,12)3-1-4-5(2-6(3)18(19)20)17-7(16-4)9(13,14)15/h1,7H,(H,16,17);1-2H,(H,16,17). The third-order valence-corrected chi connectivity index (χ3v) is 5.17. The Kier molecular flexibility index (Phi) is 7.58. The van der Waals surface area contributed by atoms with Crippen molar-refractivity contribution in [1.29, 1.82) is 0 Å². The number of hydrogen-bond donors (Lipinski definition) is 2. The average molecular weight is 615 g/mol. The fourth-order valence-corrected chi connectivity index (χ4v) is 3.49. The molecule has 2 aromatic carbocycles. The average Bonchev–Trinajstić information content (AvgIpc) is 3.41. The van der Waals surface area contributed by atoms with Gasteiger partial charge in [-0.3, -0.25) is 20.2 Å². The first-order chi connectivity index (χ1) is 18.1. The summed E-state index contributed by atoms with van der Waals surface area (Å²) in [4.78, 5) is 28.3. The Morgan fingerprint density at radius 1 is 0.750 bits per heavy atom. The lowest BCUT2D eigenvalue weighted by molar-refractivity contribution is -0.387. The molecule has 0 aliphatic heterocycles. The molecule has 10 nitrogen and oxygen atoms in total. The number of nitro benzene ring substituents is 2. The van der Waals surface area contributed by atoms with Crippen LogP contribution in [0.1, 0.15) is 29.2 Å². The zero-order valence-corrected chi connectivity index (χ0v) is 19.0. The van der Waals surface area contributed by atoms with E-state index in [4.69, 9.17) is 11.6 Å². The van der Waals surface area contributed by atoms with Gasteiger partial charge in [0, 0.05) is 12.1 Å². The summed E-state index contributed by atoms with van der Waals surface area (Å²) < 4.78 is 138. The number of imidazole rings is 2. The van der Waals surface area contributed by atoms with Crippen LogP contribution in [0, 0.1) is 20.2 Å². The molecule has 216 valence electrons. The van der Waals surface area contributed by atoms with Crippen LogP contribution in [0.2, 0.25) is 5.02 Å². The second-order valence-corrected chi connectivity index (χ2v) is 7.76. The van der Waals surface area contributed by atoms with Crippen molar-refractivity contribution in [3.05, 3.63) is 66.2 Å². The number of H-pyrrole nitrogens is 2. The van der Waals surface area contributed by atoms with Crippen molar-refractivity contribution in [3.63, 3.8) is 0 Å². The number of nitrogens with one attached hydrogen (secondary N) is 2. The number of halogens is 12. The van der Waals surface area contributed by atoms with Crippen molar-refractivity contribution in [2.24, 2.45) is 0 Å². The molecule has 4 aromatic rings. The number of fused-ring (bicyclic) bond motifs is 2. The van der Waals surface area contributed by atoms with Gasteiger partial charge in [0.05, 0.1) is 31.4 Å². The summed E-state index contributed by atoms with van der Waals surface area (Å²) in [5.74, 6) is -3.00. The van der Waals surface area contributed by atoms with Crippen LogP contribution < -0.4 is 0 Å². The molecule has 22 heteroatoms. The minimum absolute atomic E-state index is 0.208. The lowest BCUT2D eigenvalue weighted by atomic mass is 10.1. The van der Waals surface area contributed by atoms with Crippen molar-refractivity contribution in [3.8, 4) is 0 Å². The Hall–Kier alpha value is -4.30. The highest BCUT2D eigenvalue weighted by Crippen LogP contribution is 2.41. The highest BCUT2D eigenvalue weighted by Gasteiger charge is 2.41. The van der Waals surface area contributed by atoms with Crippen LogP contribution in [0.25, 0.3) is 22.1 Å². The molecule has 4 rings (SSSR count). The van der Waals surface area contributed by atoms with Gasteiger partial charge in [-0.25, -0.2) is 18.7 Å². The molecule has 0 fully saturated rings. The Morgan fingerprint density at radius 2 is 1.23 bits per heavy atom. The number of hydrogen-bond acceptors (Lipinski definition) is 6. The van der Waals surface area contributed by atoms with Crippen LogP contribution in [0.5, 0.6) is 0 Å². The van der Waals surface area contributed by atoms with E-state index in [0.717, 1.165) is 0 Å². The van der Waals surface area contributed by atoms with E-state index in [0.29, 0.717) is 12.1 Å². The van der Waals surface area contributed by atoms with Crippen molar-refractivity contribution in [2.75, 3.05) is 0 Å². The number of alkyl halides is 11. The second kappa shape index (κ2) is 10.0. The minimum Gasteiger partial charge on any atom is -0.334 e. The molecule has 0 aliphatic carbocycles. The maximum Gasteiger partial charge on any atom is 0.449 e. The highest BCUT2D eigenvalue weighted by atomic mass is 35.5. The summed E-state index contributed by atoms with van der Waals surface area (Å²) >= 11 is 5.51. The van der Waals surface area contributed by atoms with Gasteiger partial charge in [0.2, 0.25) is 11.6 Å². The van der Waals surface area contributed by atoms with E-state index < -0.39 is 96.0 Å². The number of aromatic amines is 2. The van der Waals surface area contributed by atoms with Crippen molar-refractivity contribution in [1.82, 2.24) is 19.9 Å². The fraction of sp³-hybridized carbons (Fsp3) is 0.222. The first-order valence-corrected chi connectivity index (χ1v) is 10.0. The summed E-state index contributed by atoms with van der Waals surface area (Å²) in [5.41, 5.74) is -7.44. The summed E-state index contributed by atoms with van der Waals surface area (Å²) in [6.07, 6.45) is -18.2. The SMILES string of the molecule is O=[N+]([O-])c1cc2[nH]c(C(F)(F)F)nc2c(Cl)c1C(F)F.O=[N+]([O-])c1cc2[nH]c(C(F)(F)F)nc2cc1C(F)(F)F. The number of benzene rings is 2. The first-order valence-electron chi connectivity index (χ1n) is 9.67. The zero-order chi connectivity index (χ0) is 30.5. The largest absolute Gasteiger partial charge is 0.449 e. The summed E-state index contributed by atoms with van der Waals surface area (Å²) in [6, 6.07) is 1.13. The maximum atomic E-state index is 12.8. The third kappa shape index (κ3) is 5.97. The van der Waals surface area contributed by atoms with E-state index in [1.54, 1.807) is 9.97 Å². The maximum absolute atomic E-state index is 12.8. The monoisotopic (exact) mass is 614 g/mol. The lowest BCUT2D eigenvalue weighted by Gasteiger charge is -2.06. The lowest BCUT2D eigenvalue weighted by Crippen LogP contribution is -2.08. The van der Waals surface area contributed by atoms with E-state index in [1.807, 2.05) is 0 Å². The summed E-state index contributed by atoms with van der Waals surface area (Å²) in [6.45, 7) is 0. The molecule has 2 N–H and O–H groups in total. The highest BCUT2D eigenvalue weighted by molar-refractivity contribution is 6.36. The van der Waals surface area contributed by atoms with Gasteiger partial charge in [-0.1, -0.05) is 11.6 Å². The molecule has 0 saturated carbocycles. The number of nitrogens with zero attached hydrogens (tertiary/aromatic N) is 4. The summed E-state index contributed by atoms with van der Waals surface area (Å²) in [7, 11) is 0. The van der Waals surface area contributed by atoms with Gasteiger partial charge in [0.25, 0.3) is 17.8 Å². The molecule has 0 atom stereocenters. The number of rotatable bonds is 3. The van der Waals surface area contributed by atoms with E-state index >= 15 is 0 Å². The number of aromatic nitrogens is 4. The van der Waals surface area contributed by atoms with Gasteiger partial charge in [-0.15, -0.1) is 0 Å². The van der Waals surface area contributed by atoms with Gasteiger partial charge < -0.3 is 9.97 Å². The van der Waals surface area contributed by atoms with Crippen LogP contribution in [0.4, 0.5) is 59.7 Å². The predicted octanol–water partition coefficient (Wildman–Crippen LogP) is 7.59. The quantitative estimate of drug-likeness (QED) is 0.138. The smallest absolute Gasteiger partial charge is 0.334 e. The van der Waals surface area contributed by atoms with Gasteiger partial charge in [-0.05, 0) is 6.07 Å². The van der Waals surface area contributed by atoms with Crippen LogP contribution in [0.15, 0.2) is 18.2 Å². The molecular formula is C18H6ClF11N6O4. The Morgan fingerprint density at radius 3 is 1.68 bits per heavy atom. The van der Waals surface area contributed by atoms with E-state index in [9.17, 15) is 68.5 Å². The van der Waals surface area contributed by atoms with Gasteiger partial charge in [-0.2, -0.15) is 39.5 Å². The normalized spacial score (nSPS) is 12.6. The Balaban J connectivity index is 0.000000220.